The molecule has 0 bridgehead atoms. The van der Waals surface area contributed by atoms with Gasteiger partial charge in [-0.25, -0.2) is 9.18 Å². The molecule has 0 unspecified atom stereocenters. The van der Waals surface area contributed by atoms with Crippen molar-refractivity contribution in [2.45, 2.75) is 70.5 Å². The Morgan fingerprint density at radius 2 is 1.68 bits per heavy atom. The molecule has 2 heterocycles. The summed E-state index contributed by atoms with van der Waals surface area (Å²) in [5.41, 5.74) is -3.72. The van der Waals surface area contributed by atoms with Crippen molar-refractivity contribution >= 4 is 11.9 Å². The van der Waals surface area contributed by atoms with Crippen LogP contribution in [0.2, 0.25) is 0 Å². The van der Waals surface area contributed by atoms with Crippen LogP contribution in [0, 0.1) is 10.8 Å². The maximum absolute atomic E-state index is 16.6. The molecule has 8 nitrogen and oxygen atoms in total. The van der Waals surface area contributed by atoms with Gasteiger partial charge in [0.15, 0.2) is 6.23 Å². The minimum absolute atomic E-state index is 0.140. The van der Waals surface area contributed by atoms with Gasteiger partial charge in [-0.05, 0) is 11.0 Å². The van der Waals surface area contributed by atoms with Crippen molar-refractivity contribution in [3.8, 4) is 0 Å². The molecule has 3 fully saturated rings. The van der Waals surface area contributed by atoms with E-state index in [0.717, 1.165) is 9.80 Å². The molecular weight excluding hydrogens is 407 g/mol. The first-order valence-corrected chi connectivity index (χ1v) is 10.4. The molecule has 0 radical (unpaired) electrons. The van der Waals surface area contributed by atoms with Gasteiger partial charge in [0.25, 0.3) is 5.91 Å². The highest BCUT2D eigenvalue weighted by molar-refractivity contribution is 6.04. The van der Waals surface area contributed by atoms with E-state index in [0.29, 0.717) is 5.56 Å². The molecule has 1 aliphatic carbocycles. The van der Waals surface area contributed by atoms with Gasteiger partial charge in [-0.1, -0.05) is 58.0 Å². The lowest BCUT2D eigenvalue weighted by Crippen LogP contribution is -2.88. The fraction of sp³-hybridized carbons (Fsp3) is 0.636. The summed E-state index contributed by atoms with van der Waals surface area (Å²) in [4.78, 5) is 28.8. The van der Waals surface area contributed by atoms with Crippen LogP contribution in [0.25, 0.3) is 0 Å². The predicted molar refractivity (Wildman–Crippen MR) is 107 cm³/mol. The Kier molecular flexibility index (Phi) is 4.97. The van der Waals surface area contributed by atoms with Crippen molar-refractivity contribution in [1.82, 2.24) is 9.80 Å². The zero-order valence-electron chi connectivity index (χ0n) is 18.0. The molecule has 170 valence electrons. The molecule has 31 heavy (non-hydrogen) atoms. The average Bonchev–Trinajstić information content (AvgIpc) is 3.02. The smallest absolute Gasteiger partial charge is 0.329 e. The molecule has 3 N–H and O–H groups in total. The van der Waals surface area contributed by atoms with Gasteiger partial charge in [-0.15, -0.1) is 0 Å². The summed E-state index contributed by atoms with van der Waals surface area (Å²) in [5.74, 6) is -0.918. The Morgan fingerprint density at radius 1 is 1.06 bits per heavy atom. The van der Waals surface area contributed by atoms with Crippen molar-refractivity contribution in [1.29, 1.82) is 0 Å². The van der Waals surface area contributed by atoms with Crippen molar-refractivity contribution in [2.75, 3.05) is 6.61 Å². The van der Waals surface area contributed by atoms with Gasteiger partial charge in [-0.3, -0.25) is 14.6 Å². The van der Waals surface area contributed by atoms with Gasteiger partial charge in [0, 0.05) is 5.41 Å². The van der Waals surface area contributed by atoms with E-state index in [9.17, 15) is 24.9 Å². The minimum atomic E-state index is -2.41. The third kappa shape index (κ3) is 2.67. The molecule has 0 aromatic heterocycles. The van der Waals surface area contributed by atoms with Crippen molar-refractivity contribution in [2.24, 2.45) is 10.8 Å². The Balaban J connectivity index is 1.79. The first kappa shape index (κ1) is 22.1. The molecule has 1 aromatic rings. The number of ether oxygens (including phenoxy) is 1. The Morgan fingerprint density at radius 3 is 2.23 bits per heavy atom. The molecule has 2 saturated heterocycles. The van der Waals surface area contributed by atoms with Crippen LogP contribution in [-0.4, -0.2) is 79.9 Å². The average molecular weight is 436 g/mol. The first-order chi connectivity index (χ1) is 14.4. The van der Waals surface area contributed by atoms with Crippen molar-refractivity contribution in [3.63, 3.8) is 0 Å². The second-order valence-corrected chi connectivity index (χ2v) is 9.76. The maximum atomic E-state index is 16.6. The predicted octanol–water partition coefficient (Wildman–Crippen LogP) is 1.03. The number of fused-ring (bicyclic) bond motifs is 1. The van der Waals surface area contributed by atoms with E-state index in [1.807, 2.05) is 0 Å². The van der Waals surface area contributed by atoms with Crippen LogP contribution >= 0.6 is 0 Å². The van der Waals surface area contributed by atoms with E-state index in [4.69, 9.17) is 4.74 Å². The molecule has 4 rings (SSSR count). The third-order valence-electron chi connectivity index (χ3n) is 7.84. The van der Waals surface area contributed by atoms with Gasteiger partial charge in [0.2, 0.25) is 5.67 Å². The summed E-state index contributed by atoms with van der Waals surface area (Å²) in [6.45, 7) is 6.09. The fourth-order valence-electron chi connectivity index (χ4n) is 5.30. The number of alkyl halides is 1. The lowest BCUT2D eigenvalue weighted by molar-refractivity contribution is -0.279. The van der Waals surface area contributed by atoms with Crippen LogP contribution in [-0.2, 0) is 16.1 Å². The summed E-state index contributed by atoms with van der Waals surface area (Å²) in [7, 11) is 0. The third-order valence-corrected chi connectivity index (χ3v) is 7.84. The number of urea groups is 1. The molecule has 6 atom stereocenters. The number of amides is 3. The fourth-order valence-corrected chi connectivity index (χ4v) is 5.30. The second-order valence-electron chi connectivity index (χ2n) is 9.76. The highest BCUT2D eigenvalue weighted by Crippen LogP contribution is 2.68. The summed E-state index contributed by atoms with van der Waals surface area (Å²) in [5, 5.41) is 30.3. The number of rotatable bonds is 4. The molecular formula is C22H29FN2O6. The second kappa shape index (κ2) is 6.96. The topological polar surface area (TPSA) is 111 Å². The lowest BCUT2D eigenvalue weighted by Gasteiger charge is -2.72. The van der Waals surface area contributed by atoms with E-state index in [-0.39, 0.29) is 6.54 Å². The monoisotopic (exact) mass is 436 g/mol. The van der Waals surface area contributed by atoms with Crippen LogP contribution in [0.1, 0.15) is 33.3 Å². The number of aliphatic hydroxyl groups excluding tert-OH is 3. The van der Waals surface area contributed by atoms with Crippen LogP contribution in [0.3, 0.4) is 0 Å². The maximum Gasteiger partial charge on any atom is 0.329 e. The van der Waals surface area contributed by atoms with E-state index in [1.165, 1.54) is 0 Å². The van der Waals surface area contributed by atoms with E-state index >= 15 is 4.39 Å². The highest BCUT2D eigenvalue weighted by atomic mass is 19.1. The van der Waals surface area contributed by atoms with Crippen LogP contribution in [0.15, 0.2) is 30.3 Å². The van der Waals surface area contributed by atoms with Gasteiger partial charge < -0.3 is 20.1 Å². The van der Waals surface area contributed by atoms with Gasteiger partial charge in [-0.2, -0.15) is 0 Å². The highest BCUT2D eigenvalue weighted by Gasteiger charge is 2.82. The first-order valence-electron chi connectivity index (χ1n) is 10.4. The number of hydrogen-bond donors (Lipinski definition) is 3. The molecule has 3 aliphatic rings. The zero-order chi connectivity index (χ0) is 22.9. The number of nitrogens with zero attached hydrogens (tertiary/aromatic N) is 2. The van der Waals surface area contributed by atoms with Gasteiger partial charge in [0.05, 0.1) is 19.2 Å². The lowest BCUT2D eigenvalue weighted by atomic mass is 9.40. The molecule has 3 amide bonds. The summed E-state index contributed by atoms with van der Waals surface area (Å²) in [6.07, 6.45) is -5.54. The summed E-state index contributed by atoms with van der Waals surface area (Å²) >= 11 is 0. The molecule has 1 aromatic carbocycles. The molecule has 2 aliphatic heterocycles. The number of aliphatic hydroxyl groups is 3. The van der Waals surface area contributed by atoms with Crippen LogP contribution in [0.5, 0.6) is 0 Å². The number of imide groups is 1. The van der Waals surface area contributed by atoms with Crippen molar-refractivity contribution < 1.29 is 34.0 Å². The Bertz CT molecular complexity index is 893. The molecule has 0 spiro atoms. The molecule has 1 saturated carbocycles. The van der Waals surface area contributed by atoms with E-state index in [2.05, 4.69) is 0 Å². The quantitative estimate of drug-likeness (QED) is 0.650. The SMILES string of the molecule is CC1(C)[C@@H]2N([C@@H]3O[C@H](CO)[C@@H](O)[C@H]3O)C(=O)N(Cc3ccccc3)C(=O)[C@]2(F)C1(C)C. The van der Waals surface area contributed by atoms with Gasteiger partial charge in [0.1, 0.15) is 18.3 Å². The van der Waals surface area contributed by atoms with Crippen LogP contribution in [0.4, 0.5) is 9.18 Å². The van der Waals surface area contributed by atoms with E-state index in [1.54, 1.807) is 58.0 Å². The van der Waals surface area contributed by atoms with E-state index < -0.39 is 65.6 Å². The molecule has 9 heteroatoms. The minimum Gasteiger partial charge on any atom is -0.394 e. The Labute approximate surface area is 180 Å². The number of halogens is 1. The number of carbonyl (C=O) groups is 2. The van der Waals surface area contributed by atoms with Crippen LogP contribution < -0.4 is 0 Å². The normalized spacial score (nSPS) is 38.8. The summed E-state index contributed by atoms with van der Waals surface area (Å²) < 4.78 is 22.2. The zero-order valence-corrected chi connectivity index (χ0v) is 18.0. The van der Waals surface area contributed by atoms with Gasteiger partial charge >= 0.3 is 6.03 Å². The Hall–Kier alpha value is -2.07. The standard InChI is InChI=1S/C22H29FN2O6/c1-20(2)17-22(23,21(20,3)4)18(29)24(10-12-8-6-5-7-9-12)19(30)25(17)16-15(28)14(27)13(11-26)31-16/h5-9,13-17,26-28H,10-11H2,1-4H3/t13-,14-,15-,16-,17+,22+/m1/s1. The van der Waals surface area contributed by atoms with Crippen molar-refractivity contribution in [3.05, 3.63) is 35.9 Å². The number of hydrogen-bond acceptors (Lipinski definition) is 6. The number of benzene rings is 1. The summed E-state index contributed by atoms with van der Waals surface area (Å²) in [6, 6.07) is 6.75. The largest absolute Gasteiger partial charge is 0.394 e. The number of carbonyl (C=O) groups excluding carboxylic acids is 2.